The maximum Gasteiger partial charge on any atom is 0.351 e. The van der Waals surface area contributed by atoms with Crippen LogP contribution in [0.1, 0.15) is 0 Å². The van der Waals surface area contributed by atoms with Crippen molar-refractivity contribution in [2.45, 2.75) is 12.1 Å². The predicted octanol–water partition coefficient (Wildman–Crippen LogP) is -1.66. The van der Waals surface area contributed by atoms with E-state index in [-0.39, 0.29) is 12.4 Å². The number of terminal acetylenes is 1. The fraction of sp³-hybridized carbons (Fsp3) is 0.400. The lowest BCUT2D eigenvalue weighted by atomic mass is 10.1. The van der Waals surface area contributed by atoms with Gasteiger partial charge in [-0.05, 0) is 6.07 Å². The van der Waals surface area contributed by atoms with Gasteiger partial charge >= 0.3 is 13.3 Å². The van der Waals surface area contributed by atoms with E-state index in [1.807, 2.05) is 0 Å². The van der Waals surface area contributed by atoms with Crippen LogP contribution in [0.5, 0.6) is 0 Å². The minimum Gasteiger partial charge on any atom is -0.392 e. The van der Waals surface area contributed by atoms with Gasteiger partial charge < -0.3 is 25.4 Å². The zero-order valence-electron chi connectivity index (χ0n) is 10.3. The minimum absolute atomic E-state index is 0.0118. The molecule has 1 atom stereocenters. The van der Waals surface area contributed by atoms with E-state index in [9.17, 15) is 14.5 Å². The molecule has 0 aliphatic carbocycles. The summed E-state index contributed by atoms with van der Waals surface area (Å²) in [5.41, 5.74) is 2.85. The Labute approximate surface area is 114 Å². The number of aliphatic hydroxyl groups is 1. The highest BCUT2D eigenvalue weighted by Gasteiger charge is 2.32. The van der Waals surface area contributed by atoms with Crippen molar-refractivity contribution >= 4 is 13.4 Å². The first-order valence-corrected chi connectivity index (χ1v) is 7.11. The molecule has 0 aliphatic rings. The summed E-state index contributed by atoms with van der Waals surface area (Å²) in [5, 5.41) is 9.30. The van der Waals surface area contributed by atoms with Gasteiger partial charge in [-0.3, -0.25) is 9.13 Å². The first kappa shape index (κ1) is 16.4. The lowest BCUT2D eigenvalue weighted by Crippen LogP contribution is -2.43. The van der Waals surface area contributed by atoms with Crippen molar-refractivity contribution in [3.05, 3.63) is 22.7 Å². The first-order chi connectivity index (χ1) is 9.21. The number of nitrogens with zero attached hydrogens (tertiary/aromatic N) is 2. The standard InChI is InChI=1S/C10H14N3O6P/c1-2-10(6-14,19-7-20(16,17)18)5-13-4-3-8(11)12-9(13)15/h1,3-4,14H,5-7H2,(H2,11,12,15)(H2,16,17,18). The van der Waals surface area contributed by atoms with Crippen LogP contribution in [0.4, 0.5) is 5.82 Å². The summed E-state index contributed by atoms with van der Waals surface area (Å²) in [6.07, 6.45) is 5.53. The highest BCUT2D eigenvalue weighted by atomic mass is 31.2. The number of aliphatic hydroxyl groups excluding tert-OH is 1. The zero-order chi connectivity index (χ0) is 15.4. The van der Waals surface area contributed by atoms with Gasteiger partial charge in [-0.15, -0.1) is 6.42 Å². The molecule has 110 valence electrons. The van der Waals surface area contributed by atoms with Crippen LogP contribution in [-0.4, -0.2) is 43.0 Å². The van der Waals surface area contributed by atoms with Crippen molar-refractivity contribution in [2.24, 2.45) is 0 Å². The Balaban J connectivity index is 3.00. The van der Waals surface area contributed by atoms with Crippen molar-refractivity contribution < 1.29 is 24.2 Å². The Bertz CT molecular complexity index is 618. The van der Waals surface area contributed by atoms with Crippen LogP contribution in [0.25, 0.3) is 0 Å². The summed E-state index contributed by atoms with van der Waals surface area (Å²) >= 11 is 0. The average molecular weight is 303 g/mol. The minimum atomic E-state index is -4.46. The van der Waals surface area contributed by atoms with E-state index in [2.05, 4.69) is 10.9 Å². The van der Waals surface area contributed by atoms with E-state index in [0.717, 1.165) is 4.57 Å². The summed E-state index contributed by atoms with van der Waals surface area (Å²) in [6.45, 7) is -1.06. The van der Waals surface area contributed by atoms with Gasteiger partial charge in [-0.1, -0.05) is 5.92 Å². The first-order valence-electron chi connectivity index (χ1n) is 5.31. The molecule has 1 heterocycles. The molecule has 10 heteroatoms. The van der Waals surface area contributed by atoms with E-state index < -0.39 is 31.8 Å². The second kappa shape index (κ2) is 6.17. The molecule has 0 aliphatic heterocycles. The van der Waals surface area contributed by atoms with Gasteiger partial charge in [0.15, 0.2) is 11.9 Å². The van der Waals surface area contributed by atoms with E-state index in [4.69, 9.17) is 26.7 Å². The van der Waals surface area contributed by atoms with Crippen molar-refractivity contribution in [1.29, 1.82) is 0 Å². The lowest BCUT2D eigenvalue weighted by molar-refractivity contribution is -0.0340. The van der Waals surface area contributed by atoms with Gasteiger partial charge in [-0.2, -0.15) is 4.98 Å². The van der Waals surface area contributed by atoms with Crippen LogP contribution in [0.2, 0.25) is 0 Å². The van der Waals surface area contributed by atoms with Crippen LogP contribution >= 0.6 is 7.60 Å². The summed E-state index contributed by atoms with van der Waals surface area (Å²) in [5.74, 6) is 2.11. The number of nitrogens with two attached hydrogens (primary N) is 1. The van der Waals surface area contributed by atoms with Gasteiger partial charge in [-0.25, -0.2) is 4.79 Å². The second-order valence-corrected chi connectivity index (χ2v) is 5.59. The van der Waals surface area contributed by atoms with Crippen LogP contribution in [0.3, 0.4) is 0 Å². The molecule has 9 nitrogen and oxygen atoms in total. The third kappa shape index (κ3) is 4.45. The van der Waals surface area contributed by atoms with Crippen molar-refractivity contribution in [2.75, 3.05) is 18.7 Å². The largest absolute Gasteiger partial charge is 0.392 e. The number of nitrogen functional groups attached to an aromatic ring is 1. The average Bonchev–Trinajstić information content (AvgIpc) is 2.36. The molecule has 0 saturated carbocycles. The third-order valence-electron chi connectivity index (χ3n) is 2.35. The third-order valence-corrected chi connectivity index (χ3v) is 2.81. The maximum atomic E-state index is 11.6. The molecule has 0 radical (unpaired) electrons. The Morgan fingerprint density at radius 2 is 2.25 bits per heavy atom. The molecule has 1 rings (SSSR count). The van der Waals surface area contributed by atoms with E-state index in [0.29, 0.717) is 0 Å². The fourth-order valence-electron chi connectivity index (χ4n) is 1.32. The molecule has 0 spiro atoms. The summed E-state index contributed by atoms with van der Waals surface area (Å²) in [4.78, 5) is 32.6. The van der Waals surface area contributed by atoms with Crippen LogP contribution in [-0.2, 0) is 15.8 Å². The molecule has 0 bridgehead atoms. The van der Waals surface area contributed by atoms with Crippen molar-refractivity contribution in [3.63, 3.8) is 0 Å². The molecule has 0 amide bonds. The van der Waals surface area contributed by atoms with Crippen LogP contribution in [0.15, 0.2) is 17.1 Å². The van der Waals surface area contributed by atoms with Crippen molar-refractivity contribution in [1.82, 2.24) is 9.55 Å². The Hall–Kier alpha value is -1.69. The normalized spacial score (nSPS) is 14.5. The highest BCUT2D eigenvalue weighted by Crippen LogP contribution is 2.35. The maximum absolute atomic E-state index is 11.6. The van der Waals surface area contributed by atoms with E-state index in [1.54, 1.807) is 0 Å². The van der Waals surface area contributed by atoms with Gasteiger partial charge in [0.1, 0.15) is 5.82 Å². The van der Waals surface area contributed by atoms with E-state index in [1.165, 1.54) is 12.3 Å². The number of anilines is 1. The molecule has 0 saturated heterocycles. The molecule has 1 unspecified atom stereocenters. The number of rotatable bonds is 6. The molecule has 1 aromatic heterocycles. The predicted molar refractivity (Wildman–Crippen MR) is 69.6 cm³/mol. The molecule has 1 aromatic rings. The molecular weight excluding hydrogens is 289 g/mol. The number of hydrogen-bond acceptors (Lipinski definition) is 6. The summed E-state index contributed by atoms with van der Waals surface area (Å²) in [7, 11) is -4.46. The Morgan fingerprint density at radius 1 is 1.60 bits per heavy atom. The molecule has 0 aromatic carbocycles. The topological polar surface area (TPSA) is 148 Å². The number of ether oxygens (including phenoxy) is 1. The van der Waals surface area contributed by atoms with Crippen LogP contribution < -0.4 is 11.4 Å². The Morgan fingerprint density at radius 3 is 2.70 bits per heavy atom. The molecule has 5 N–H and O–H groups in total. The van der Waals surface area contributed by atoms with E-state index >= 15 is 0 Å². The molecule has 20 heavy (non-hydrogen) atoms. The summed E-state index contributed by atoms with van der Waals surface area (Å²) in [6, 6.07) is 1.34. The Kier molecular flexibility index (Phi) is 5.05. The van der Waals surface area contributed by atoms with Gasteiger partial charge in [0.05, 0.1) is 13.2 Å². The van der Waals surface area contributed by atoms with Crippen LogP contribution in [0, 0.1) is 12.3 Å². The van der Waals surface area contributed by atoms with Crippen molar-refractivity contribution in [3.8, 4) is 12.3 Å². The SMILES string of the molecule is C#CC(CO)(Cn1ccc(N)nc1=O)OCP(=O)(O)O. The summed E-state index contributed by atoms with van der Waals surface area (Å²) < 4.78 is 16.7. The van der Waals surface area contributed by atoms with Gasteiger partial charge in [0.25, 0.3) is 0 Å². The molecular formula is C10H14N3O6P. The number of hydrogen-bond donors (Lipinski definition) is 4. The fourth-order valence-corrected chi connectivity index (χ4v) is 1.73. The monoisotopic (exact) mass is 303 g/mol. The second-order valence-electron chi connectivity index (χ2n) is 4.00. The quantitative estimate of drug-likeness (QED) is 0.360. The zero-order valence-corrected chi connectivity index (χ0v) is 11.2. The number of aromatic nitrogens is 2. The van der Waals surface area contributed by atoms with Gasteiger partial charge in [0.2, 0.25) is 0 Å². The van der Waals surface area contributed by atoms with Gasteiger partial charge in [0, 0.05) is 6.20 Å². The molecule has 0 fully saturated rings. The smallest absolute Gasteiger partial charge is 0.351 e. The lowest BCUT2D eigenvalue weighted by Gasteiger charge is -2.27. The highest BCUT2D eigenvalue weighted by molar-refractivity contribution is 7.51.